The minimum Gasteiger partial charge on any atom is -0.467 e. The molecular weight excluding hydrogens is 382 g/mol. The number of thioether (sulfide) groups is 1. The molecule has 0 N–H and O–H groups in total. The summed E-state index contributed by atoms with van der Waals surface area (Å²) in [5.41, 5.74) is 2.37. The molecule has 1 atom stereocenters. The number of carbonyl (C=O) groups excluding carboxylic acids is 3. The van der Waals surface area contributed by atoms with Crippen molar-refractivity contribution < 1.29 is 19.1 Å². The first-order valence-corrected chi connectivity index (χ1v) is 8.77. The van der Waals surface area contributed by atoms with Crippen LogP contribution in [0.5, 0.6) is 0 Å². The van der Waals surface area contributed by atoms with Gasteiger partial charge in [0.05, 0.1) is 18.6 Å². The number of aryl methyl sites for hydroxylation is 1. The lowest BCUT2D eigenvalue weighted by molar-refractivity contribution is -0.142. The number of esters is 1. The predicted octanol–water partition coefficient (Wildman–Crippen LogP) is 3.24. The van der Waals surface area contributed by atoms with Gasteiger partial charge < -0.3 is 4.74 Å². The molecule has 0 bridgehead atoms. The van der Waals surface area contributed by atoms with Gasteiger partial charge in [-0.25, -0.2) is 4.79 Å². The number of ether oxygens (including phenoxy) is 1. The average molecular weight is 402 g/mol. The maximum absolute atomic E-state index is 12.7. The molecule has 0 aliphatic carbocycles. The van der Waals surface area contributed by atoms with Gasteiger partial charge in [0.2, 0.25) is 5.91 Å². The number of carbonyl (C=O) groups is 3. The third-order valence-electron chi connectivity index (χ3n) is 3.40. The zero-order chi connectivity index (χ0) is 17.7. The zero-order valence-corrected chi connectivity index (χ0v) is 16.2. The van der Waals surface area contributed by atoms with Gasteiger partial charge in [-0.15, -0.1) is 0 Å². The Morgan fingerprint density at radius 3 is 2.43 bits per heavy atom. The van der Waals surface area contributed by atoms with Gasteiger partial charge in [0, 0.05) is 11.4 Å². The first kappa shape index (κ1) is 19.7. The zero-order valence-electron chi connectivity index (χ0n) is 13.8. The monoisotopic (exact) mass is 401 g/mol. The summed E-state index contributed by atoms with van der Waals surface area (Å²) in [6.07, 6.45) is 0. The third-order valence-corrected chi connectivity index (χ3v) is 5.06. The van der Waals surface area contributed by atoms with Crippen LogP contribution in [-0.2, 0) is 19.1 Å². The van der Waals surface area contributed by atoms with E-state index in [2.05, 4.69) is 15.9 Å². The summed E-state index contributed by atoms with van der Waals surface area (Å²) in [6, 6.07) is 2.98. The van der Waals surface area contributed by atoms with Crippen molar-refractivity contribution >= 4 is 50.4 Å². The summed E-state index contributed by atoms with van der Waals surface area (Å²) in [5, 5.41) is -0.147. The van der Waals surface area contributed by atoms with E-state index >= 15 is 0 Å². The van der Waals surface area contributed by atoms with E-state index in [1.54, 1.807) is 6.92 Å². The summed E-state index contributed by atoms with van der Waals surface area (Å²) in [5.74, 6) is -0.848. The Bertz CT molecular complexity index is 633. The quantitative estimate of drug-likeness (QED) is 0.708. The first-order chi connectivity index (χ1) is 10.7. The van der Waals surface area contributed by atoms with Gasteiger partial charge in [-0.1, -0.05) is 33.8 Å². The fourth-order valence-corrected chi connectivity index (χ4v) is 3.01. The molecule has 0 heterocycles. The highest BCUT2D eigenvalue weighted by Gasteiger charge is 2.30. The van der Waals surface area contributed by atoms with Crippen molar-refractivity contribution in [2.45, 2.75) is 33.7 Å². The Balaban J connectivity index is 3.35. The number of halogens is 1. The summed E-state index contributed by atoms with van der Waals surface area (Å²) in [6.45, 7) is 6.76. The van der Waals surface area contributed by atoms with Crippen LogP contribution in [0.15, 0.2) is 16.6 Å². The molecule has 0 saturated heterocycles. The van der Waals surface area contributed by atoms with Crippen molar-refractivity contribution in [1.29, 1.82) is 0 Å². The predicted molar refractivity (Wildman–Crippen MR) is 95.7 cm³/mol. The van der Waals surface area contributed by atoms with E-state index in [1.807, 2.05) is 26.0 Å². The van der Waals surface area contributed by atoms with Gasteiger partial charge in [0.1, 0.15) is 6.04 Å². The van der Waals surface area contributed by atoms with Gasteiger partial charge in [0.25, 0.3) is 0 Å². The van der Waals surface area contributed by atoms with Crippen LogP contribution in [-0.4, -0.2) is 35.9 Å². The van der Waals surface area contributed by atoms with Crippen molar-refractivity contribution in [3.8, 4) is 0 Å². The number of hydrogen-bond acceptors (Lipinski definition) is 5. The topological polar surface area (TPSA) is 63.7 Å². The lowest BCUT2D eigenvalue weighted by Crippen LogP contribution is -2.45. The molecule has 7 heteroatoms. The fourth-order valence-electron chi connectivity index (χ4n) is 2.22. The lowest BCUT2D eigenvalue weighted by atomic mass is 10.1. The normalized spacial score (nSPS) is 11.7. The SMILES string of the molecule is COC(=O)[C@H](C)N(C(=O)CSC(C)=O)c1c(C)ccc(Br)c1C. The maximum Gasteiger partial charge on any atom is 0.328 e. The Labute approximate surface area is 148 Å². The molecule has 126 valence electrons. The molecule has 0 aliphatic heterocycles. The number of anilines is 1. The van der Waals surface area contributed by atoms with E-state index in [0.717, 1.165) is 27.4 Å². The standard InChI is InChI=1S/C16H20BrNO4S/c1-9-6-7-13(17)10(2)15(9)18(11(3)16(21)22-5)14(20)8-23-12(4)19/h6-7,11H,8H2,1-5H3/t11-/m0/s1. The highest BCUT2D eigenvalue weighted by atomic mass is 79.9. The number of benzene rings is 1. The number of methoxy groups -OCH3 is 1. The van der Waals surface area contributed by atoms with Crippen LogP contribution >= 0.6 is 27.7 Å². The molecule has 1 aromatic carbocycles. The van der Waals surface area contributed by atoms with Crippen molar-refractivity contribution in [2.24, 2.45) is 0 Å². The lowest BCUT2D eigenvalue weighted by Gasteiger charge is -2.30. The Morgan fingerprint density at radius 1 is 1.30 bits per heavy atom. The molecule has 0 fully saturated rings. The molecule has 1 rings (SSSR count). The first-order valence-electron chi connectivity index (χ1n) is 6.99. The van der Waals surface area contributed by atoms with E-state index < -0.39 is 12.0 Å². The van der Waals surface area contributed by atoms with E-state index in [4.69, 9.17) is 4.74 Å². The molecule has 0 saturated carbocycles. The van der Waals surface area contributed by atoms with Gasteiger partial charge in [-0.05, 0) is 38.0 Å². The molecule has 23 heavy (non-hydrogen) atoms. The second-order valence-corrected chi connectivity index (χ2v) is 7.09. The smallest absolute Gasteiger partial charge is 0.328 e. The Kier molecular flexibility index (Phi) is 7.28. The number of rotatable bonds is 5. The second kappa shape index (κ2) is 8.49. The van der Waals surface area contributed by atoms with Crippen LogP contribution < -0.4 is 4.90 Å². The van der Waals surface area contributed by atoms with E-state index in [9.17, 15) is 14.4 Å². The number of amides is 1. The second-order valence-electron chi connectivity index (χ2n) is 5.08. The molecule has 0 spiro atoms. The van der Waals surface area contributed by atoms with Crippen LogP contribution in [0.3, 0.4) is 0 Å². The highest BCUT2D eigenvalue weighted by Crippen LogP contribution is 2.32. The van der Waals surface area contributed by atoms with Crippen LogP contribution in [0.2, 0.25) is 0 Å². The van der Waals surface area contributed by atoms with E-state index in [-0.39, 0.29) is 16.8 Å². The van der Waals surface area contributed by atoms with Gasteiger partial charge in [0.15, 0.2) is 5.12 Å². The Morgan fingerprint density at radius 2 is 1.91 bits per heavy atom. The largest absolute Gasteiger partial charge is 0.467 e. The van der Waals surface area contributed by atoms with E-state index in [1.165, 1.54) is 18.9 Å². The average Bonchev–Trinajstić information content (AvgIpc) is 2.51. The summed E-state index contributed by atoms with van der Waals surface area (Å²) < 4.78 is 5.62. The number of nitrogens with zero attached hydrogens (tertiary/aromatic N) is 1. The summed E-state index contributed by atoms with van der Waals surface area (Å²) in [4.78, 5) is 37.2. The molecule has 0 unspecified atom stereocenters. The third kappa shape index (κ3) is 4.81. The fraction of sp³-hybridized carbons (Fsp3) is 0.438. The summed E-state index contributed by atoms with van der Waals surface area (Å²) >= 11 is 4.37. The minimum atomic E-state index is -0.785. The Hall–Kier alpha value is -1.34. The van der Waals surface area contributed by atoms with Crippen LogP contribution in [0.1, 0.15) is 25.0 Å². The van der Waals surface area contributed by atoms with Crippen molar-refractivity contribution in [3.05, 3.63) is 27.7 Å². The molecule has 1 aromatic rings. The van der Waals surface area contributed by atoms with Gasteiger partial charge in [-0.3, -0.25) is 14.5 Å². The van der Waals surface area contributed by atoms with Crippen LogP contribution in [0.25, 0.3) is 0 Å². The van der Waals surface area contributed by atoms with Crippen molar-refractivity contribution in [3.63, 3.8) is 0 Å². The number of hydrogen-bond donors (Lipinski definition) is 0. The van der Waals surface area contributed by atoms with Crippen molar-refractivity contribution in [1.82, 2.24) is 0 Å². The van der Waals surface area contributed by atoms with E-state index in [0.29, 0.717) is 5.69 Å². The minimum absolute atomic E-state index is 0.0257. The summed E-state index contributed by atoms with van der Waals surface area (Å²) in [7, 11) is 1.28. The molecule has 0 aliphatic rings. The molecule has 1 amide bonds. The van der Waals surface area contributed by atoms with Crippen LogP contribution in [0.4, 0.5) is 5.69 Å². The highest BCUT2D eigenvalue weighted by molar-refractivity contribution is 9.10. The van der Waals surface area contributed by atoms with Gasteiger partial charge >= 0.3 is 5.97 Å². The molecule has 0 radical (unpaired) electrons. The molecular formula is C16H20BrNO4S. The van der Waals surface area contributed by atoms with Crippen LogP contribution in [0, 0.1) is 13.8 Å². The van der Waals surface area contributed by atoms with Crippen molar-refractivity contribution in [2.75, 3.05) is 17.8 Å². The van der Waals surface area contributed by atoms with Gasteiger partial charge in [-0.2, -0.15) is 0 Å². The molecule has 0 aromatic heterocycles. The molecule has 5 nitrogen and oxygen atoms in total. The maximum atomic E-state index is 12.7.